The van der Waals surface area contributed by atoms with Crippen LogP contribution in [0.5, 0.6) is 0 Å². The predicted molar refractivity (Wildman–Crippen MR) is 78.6 cm³/mol. The zero-order chi connectivity index (χ0) is 13.7. The maximum Gasteiger partial charge on any atom is 0.253 e. The van der Waals surface area contributed by atoms with E-state index in [1.54, 1.807) is 6.26 Å². The van der Waals surface area contributed by atoms with Crippen LogP contribution >= 0.6 is 0 Å². The second-order valence-corrected chi connectivity index (χ2v) is 6.56. The number of amides is 1. The average molecular weight is 279 g/mol. The van der Waals surface area contributed by atoms with Gasteiger partial charge in [-0.05, 0) is 30.5 Å². The summed E-state index contributed by atoms with van der Waals surface area (Å²) in [5, 5.41) is 0. The minimum Gasteiger partial charge on any atom is -0.339 e. The Morgan fingerprint density at radius 1 is 1.21 bits per heavy atom. The van der Waals surface area contributed by atoms with Gasteiger partial charge in [-0.2, -0.15) is 0 Å². The second kappa shape index (κ2) is 6.85. The van der Waals surface area contributed by atoms with Crippen LogP contribution in [0.1, 0.15) is 41.6 Å². The molecule has 0 N–H and O–H groups in total. The summed E-state index contributed by atoms with van der Waals surface area (Å²) in [6, 6.07) is 7.55. The zero-order valence-corrected chi connectivity index (χ0v) is 12.2. The number of hydrogen-bond acceptors (Lipinski definition) is 2. The second-order valence-electron chi connectivity index (χ2n) is 5.12. The highest BCUT2D eigenvalue weighted by molar-refractivity contribution is 7.83. The van der Waals surface area contributed by atoms with E-state index in [4.69, 9.17) is 0 Å². The Labute approximate surface area is 117 Å². The number of nitrogens with zero attached hydrogens (tertiary/aromatic N) is 1. The Morgan fingerprint density at radius 2 is 1.89 bits per heavy atom. The van der Waals surface area contributed by atoms with Gasteiger partial charge >= 0.3 is 0 Å². The average Bonchev–Trinajstić information content (AvgIpc) is 2.66. The monoisotopic (exact) mass is 279 g/mol. The fourth-order valence-corrected chi connectivity index (χ4v) is 3.13. The van der Waals surface area contributed by atoms with Gasteiger partial charge in [0.2, 0.25) is 0 Å². The van der Waals surface area contributed by atoms with Crippen molar-refractivity contribution in [1.82, 2.24) is 4.90 Å². The van der Waals surface area contributed by atoms with Crippen LogP contribution < -0.4 is 0 Å². The Morgan fingerprint density at radius 3 is 2.53 bits per heavy atom. The van der Waals surface area contributed by atoms with Crippen LogP contribution in [0.3, 0.4) is 0 Å². The van der Waals surface area contributed by atoms with Crippen LogP contribution in [0.4, 0.5) is 0 Å². The molecule has 0 aliphatic carbocycles. The minimum absolute atomic E-state index is 0.116. The molecule has 1 saturated heterocycles. The van der Waals surface area contributed by atoms with Crippen LogP contribution in [0.2, 0.25) is 0 Å². The first-order valence-corrected chi connectivity index (χ1v) is 8.58. The van der Waals surface area contributed by atoms with E-state index in [9.17, 15) is 9.00 Å². The standard InChI is InChI=1S/C15H21NO2S/c1-19(18)12-13-7-6-8-14(11-13)15(17)16-9-4-2-3-5-10-16/h6-8,11H,2-5,9-10,12H2,1H3. The smallest absolute Gasteiger partial charge is 0.253 e. The van der Waals surface area contributed by atoms with Gasteiger partial charge in [0.05, 0.1) is 0 Å². The summed E-state index contributed by atoms with van der Waals surface area (Å²) < 4.78 is 11.3. The summed E-state index contributed by atoms with van der Waals surface area (Å²) in [6.07, 6.45) is 6.33. The fourth-order valence-electron chi connectivity index (χ4n) is 2.49. The molecule has 1 unspecified atom stereocenters. The molecule has 0 spiro atoms. The summed E-state index contributed by atoms with van der Waals surface area (Å²) >= 11 is 0. The lowest BCUT2D eigenvalue weighted by Gasteiger charge is -2.20. The largest absolute Gasteiger partial charge is 0.339 e. The van der Waals surface area contributed by atoms with Gasteiger partial charge in [-0.15, -0.1) is 0 Å². The van der Waals surface area contributed by atoms with E-state index in [1.165, 1.54) is 12.8 Å². The predicted octanol–water partition coefficient (Wildman–Crippen LogP) is 2.58. The van der Waals surface area contributed by atoms with Crippen molar-refractivity contribution in [3.8, 4) is 0 Å². The van der Waals surface area contributed by atoms with Gasteiger partial charge in [0.15, 0.2) is 0 Å². The Balaban J connectivity index is 2.11. The number of carbonyl (C=O) groups excluding carboxylic acids is 1. The highest BCUT2D eigenvalue weighted by Crippen LogP contribution is 2.15. The first kappa shape index (κ1) is 14.3. The molecular formula is C15H21NO2S. The lowest BCUT2D eigenvalue weighted by molar-refractivity contribution is 0.0761. The van der Waals surface area contributed by atoms with Crippen molar-refractivity contribution >= 4 is 16.7 Å². The molecule has 0 aromatic heterocycles. The van der Waals surface area contributed by atoms with E-state index < -0.39 is 10.8 Å². The summed E-state index contributed by atoms with van der Waals surface area (Å²) in [5.74, 6) is 0.631. The highest BCUT2D eigenvalue weighted by Gasteiger charge is 2.17. The van der Waals surface area contributed by atoms with Gasteiger partial charge in [-0.1, -0.05) is 25.0 Å². The maximum atomic E-state index is 12.4. The molecule has 1 fully saturated rings. The van der Waals surface area contributed by atoms with Gasteiger partial charge in [0.25, 0.3) is 5.91 Å². The molecule has 1 aromatic rings. The number of likely N-dealkylation sites (tertiary alicyclic amines) is 1. The first-order valence-electron chi connectivity index (χ1n) is 6.85. The molecule has 1 aliphatic heterocycles. The van der Waals surface area contributed by atoms with Crippen molar-refractivity contribution in [2.24, 2.45) is 0 Å². The first-order chi connectivity index (χ1) is 9.16. The van der Waals surface area contributed by atoms with Crippen LogP contribution in [0, 0.1) is 0 Å². The van der Waals surface area contributed by atoms with E-state index in [0.717, 1.165) is 37.1 Å². The normalized spacial score (nSPS) is 17.8. The third kappa shape index (κ3) is 4.16. The summed E-state index contributed by atoms with van der Waals surface area (Å²) in [5.41, 5.74) is 1.70. The zero-order valence-electron chi connectivity index (χ0n) is 11.4. The molecule has 0 saturated carbocycles. The van der Waals surface area contributed by atoms with E-state index in [0.29, 0.717) is 5.75 Å². The Bertz CT molecular complexity index is 465. The van der Waals surface area contributed by atoms with Crippen molar-refractivity contribution in [2.75, 3.05) is 19.3 Å². The topological polar surface area (TPSA) is 37.4 Å². The van der Waals surface area contributed by atoms with E-state index in [2.05, 4.69) is 0 Å². The van der Waals surface area contributed by atoms with E-state index in [-0.39, 0.29) is 5.91 Å². The molecular weight excluding hydrogens is 258 g/mol. The van der Waals surface area contributed by atoms with Gasteiger partial charge < -0.3 is 4.90 Å². The maximum absolute atomic E-state index is 12.4. The third-order valence-electron chi connectivity index (χ3n) is 3.44. The van der Waals surface area contributed by atoms with Crippen LogP contribution in [-0.2, 0) is 16.6 Å². The van der Waals surface area contributed by atoms with Gasteiger partial charge in [0.1, 0.15) is 0 Å². The fraction of sp³-hybridized carbons (Fsp3) is 0.533. The Hall–Kier alpha value is -1.16. The van der Waals surface area contributed by atoms with Crippen LogP contribution in [-0.4, -0.2) is 34.4 Å². The highest BCUT2D eigenvalue weighted by atomic mass is 32.2. The molecule has 1 amide bonds. The third-order valence-corrected chi connectivity index (χ3v) is 4.18. The molecule has 4 heteroatoms. The molecule has 19 heavy (non-hydrogen) atoms. The van der Waals surface area contributed by atoms with Gasteiger partial charge in [-0.25, -0.2) is 0 Å². The number of carbonyl (C=O) groups is 1. The van der Waals surface area contributed by atoms with Crippen LogP contribution in [0.25, 0.3) is 0 Å². The quantitative estimate of drug-likeness (QED) is 0.853. The minimum atomic E-state index is -0.870. The molecule has 0 bridgehead atoms. The van der Waals surface area contributed by atoms with Crippen molar-refractivity contribution in [1.29, 1.82) is 0 Å². The molecule has 3 nitrogen and oxygen atoms in total. The molecule has 1 aliphatic rings. The molecule has 1 atom stereocenters. The van der Waals surface area contributed by atoms with Gasteiger partial charge in [0, 0.05) is 41.5 Å². The lowest BCUT2D eigenvalue weighted by atomic mass is 10.1. The molecule has 2 rings (SSSR count). The Kier molecular flexibility index (Phi) is 5.14. The van der Waals surface area contributed by atoms with Crippen LogP contribution in [0.15, 0.2) is 24.3 Å². The number of benzene rings is 1. The van der Waals surface area contributed by atoms with E-state index in [1.807, 2.05) is 29.2 Å². The lowest BCUT2D eigenvalue weighted by Crippen LogP contribution is -2.31. The van der Waals surface area contributed by atoms with Crippen molar-refractivity contribution < 1.29 is 9.00 Å². The molecule has 104 valence electrons. The molecule has 1 heterocycles. The SMILES string of the molecule is CS(=O)Cc1cccc(C(=O)N2CCCCCC2)c1. The molecule has 0 radical (unpaired) electrons. The number of hydrogen-bond donors (Lipinski definition) is 0. The van der Waals surface area contributed by atoms with Crippen molar-refractivity contribution in [3.63, 3.8) is 0 Å². The van der Waals surface area contributed by atoms with Crippen molar-refractivity contribution in [3.05, 3.63) is 35.4 Å². The van der Waals surface area contributed by atoms with Gasteiger partial charge in [-0.3, -0.25) is 9.00 Å². The summed E-state index contributed by atoms with van der Waals surface area (Å²) in [6.45, 7) is 1.73. The summed E-state index contributed by atoms with van der Waals surface area (Å²) in [4.78, 5) is 14.4. The van der Waals surface area contributed by atoms with Crippen molar-refractivity contribution in [2.45, 2.75) is 31.4 Å². The summed E-state index contributed by atoms with van der Waals surface area (Å²) in [7, 11) is -0.870. The number of rotatable bonds is 3. The van der Waals surface area contributed by atoms with E-state index >= 15 is 0 Å². The molecule has 1 aromatic carbocycles.